The first-order valence-electron chi connectivity index (χ1n) is 12.7. The molecule has 3 aromatic rings. The molecule has 0 bridgehead atoms. The summed E-state index contributed by atoms with van der Waals surface area (Å²) in [5, 5.41) is 3.51. The van der Waals surface area contributed by atoms with Crippen LogP contribution in [-0.4, -0.2) is 28.9 Å². The maximum absolute atomic E-state index is 13.5. The molecule has 1 aliphatic heterocycles. The molecule has 1 aliphatic carbocycles. The molecule has 0 spiro atoms. The lowest BCUT2D eigenvalue weighted by atomic mass is 9.80. The third-order valence-electron chi connectivity index (χ3n) is 7.62. The Kier molecular flexibility index (Phi) is 6.98. The summed E-state index contributed by atoms with van der Waals surface area (Å²) in [5.74, 6) is -0.0412. The number of pyridine rings is 1. The zero-order valence-electron chi connectivity index (χ0n) is 20.9. The van der Waals surface area contributed by atoms with E-state index in [9.17, 15) is 35.9 Å². The number of halogens is 6. The standard InChI is InChI=1S/C28H27F6N3O2/c29-27(30,31)21-9-18(10-22(12-21)28(32,33)34)14-35-25(39)26(13-17-5-6-17)7-8-37(16-26)15-20-11-19-3-1-2-4-23(19)36-24(20)38/h1-4,9-12,17H,5-8,13-16H2,(H,35,39)(H,36,38). The minimum Gasteiger partial charge on any atom is -0.352 e. The van der Waals surface area contributed by atoms with Gasteiger partial charge in [0.25, 0.3) is 5.56 Å². The highest BCUT2D eigenvalue weighted by atomic mass is 19.4. The molecule has 1 atom stereocenters. The molecule has 1 amide bonds. The van der Waals surface area contributed by atoms with Crippen LogP contribution in [0.2, 0.25) is 0 Å². The van der Waals surface area contributed by atoms with Crippen LogP contribution >= 0.6 is 0 Å². The van der Waals surface area contributed by atoms with Crippen molar-refractivity contribution in [3.8, 4) is 0 Å². The molecule has 2 aromatic carbocycles. The molecule has 2 aliphatic rings. The number of fused-ring (bicyclic) bond motifs is 1. The first-order chi connectivity index (χ1) is 18.3. The summed E-state index contributed by atoms with van der Waals surface area (Å²) in [5.41, 5.74) is -2.88. The number of H-pyrrole nitrogens is 1. The van der Waals surface area contributed by atoms with Crippen molar-refractivity contribution in [3.05, 3.63) is 81.1 Å². The van der Waals surface area contributed by atoms with E-state index in [1.165, 1.54) is 0 Å². The monoisotopic (exact) mass is 551 g/mol. The van der Waals surface area contributed by atoms with E-state index >= 15 is 0 Å². The summed E-state index contributed by atoms with van der Waals surface area (Å²) < 4.78 is 79.5. The third kappa shape index (κ3) is 6.13. The SMILES string of the molecule is O=C(NCc1cc(C(F)(F)F)cc(C(F)(F)F)c1)C1(CC2CC2)CCN(Cc2cc3ccccc3[nH]c2=O)C1. The number of hydrogen-bond donors (Lipinski definition) is 2. The van der Waals surface area contributed by atoms with Crippen molar-refractivity contribution in [3.63, 3.8) is 0 Å². The van der Waals surface area contributed by atoms with Crippen molar-refractivity contribution in [2.24, 2.45) is 11.3 Å². The molecule has 2 N–H and O–H groups in total. The van der Waals surface area contributed by atoms with Gasteiger partial charge >= 0.3 is 12.4 Å². The summed E-state index contributed by atoms with van der Waals surface area (Å²) in [6, 6.07) is 10.6. The molecule has 11 heteroatoms. The molecule has 39 heavy (non-hydrogen) atoms. The van der Waals surface area contributed by atoms with Gasteiger partial charge in [0, 0.05) is 30.7 Å². The van der Waals surface area contributed by atoms with E-state index in [2.05, 4.69) is 10.3 Å². The number of nitrogens with one attached hydrogen (secondary N) is 2. The summed E-state index contributed by atoms with van der Waals surface area (Å²) in [6.45, 7) is 0.747. The van der Waals surface area contributed by atoms with E-state index in [4.69, 9.17) is 0 Å². The van der Waals surface area contributed by atoms with Crippen LogP contribution in [0.3, 0.4) is 0 Å². The maximum Gasteiger partial charge on any atom is 0.416 e. The molecule has 1 unspecified atom stereocenters. The number of alkyl halides is 6. The Morgan fingerprint density at radius 1 is 1.00 bits per heavy atom. The van der Waals surface area contributed by atoms with Crippen LogP contribution in [0, 0.1) is 11.3 Å². The molecule has 1 aromatic heterocycles. The van der Waals surface area contributed by atoms with Crippen LogP contribution in [0.4, 0.5) is 26.3 Å². The Morgan fingerprint density at radius 2 is 1.67 bits per heavy atom. The average Bonchev–Trinajstić information content (AvgIpc) is 3.59. The average molecular weight is 552 g/mol. The van der Waals surface area contributed by atoms with Crippen LogP contribution < -0.4 is 10.9 Å². The smallest absolute Gasteiger partial charge is 0.352 e. The Labute approximate surface area is 220 Å². The number of amides is 1. The fraction of sp³-hybridized carbons (Fsp3) is 0.429. The van der Waals surface area contributed by atoms with E-state index in [-0.39, 0.29) is 17.2 Å². The lowest BCUT2D eigenvalue weighted by molar-refractivity contribution is -0.143. The van der Waals surface area contributed by atoms with Gasteiger partial charge in [-0.3, -0.25) is 14.5 Å². The largest absolute Gasteiger partial charge is 0.416 e. The number of hydrogen-bond acceptors (Lipinski definition) is 3. The first kappa shape index (κ1) is 27.2. The second-order valence-electron chi connectivity index (χ2n) is 10.7. The van der Waals surface area contributed by atoms with Crippen molar-refractivity contribution >= 4 is 16.8 Å². The van der Waals surface area contributed by atoms with Gasteiger partial charge in [-0.25, -0.2) is 0 Å². The zero-order valence-corrected chi connectivity index (χ0v) is 20.9. The molecule has 1 saturated carbocycles. The summed E-state index contributed by atoms with van der Waals surface area (Å²) in [4.78, 5) is 31.0. The number of nitrogens with zero attached hydrogens (tertiary/aromatic N) is 1. The Bertz CT molecular complexity index is 1410. The van der Waals surface area contributed by atoms with E-state index in [1.807, 2.05) is 35.2 Å². The van der Waals surface area contributed by atoms with Crippen molar-refractivity contribution in [2.45, 2.75) is 51.1 Å². The number of aromatic amines is 1. The lowest BCUT2D eigenvalue weighted by Crippen LogP contribution is -2.43. The molecular formula is C28H27F6N3O2. The number of benzene rings is 2. The number of carbonyl (C=O) groups is 1. The van der Waals surface area contributed by atoms with Gasteiger partial charge in [-0.05, 0) is 66.6 Å². The minimum atomic E-state index is -4.96. The van der Waals surface area contributed by atoms with E-state index in [0.29, 0.717) is 56.1 Å². The van der Waals surface area contributed by atoms with Crippen LogP contribution in [0.15, 0.2) is 53.3 Å². The fourth-order valence-corrected chi connectivity index (χ4v) is 5.45. The fourth-order valence-electron chi connectivity index (χ4n) is 5.45. The second-order valence-corrected chi connectivity index (χ2v) is 10.7. The Balaban J connectivity index is 1.33. The first-order valence-corrected chi connectivity index (χ1v) is 12.7. The van der Waals surface area contributed by atoms with Gasteiger partial charge in [0.15, 0.2) is 0 Å². The maximum atomic E-state index is 13.5. The molecule has 5 rings (SSSR count). The van der Waals surface area contributed by atoms with Crippen LogP contribution in [0.25, 0.3) is 10.9 Å². The van der Waals surface area contributed by atoms with Gasteiger partial charge in [0.05, 0.1) is 16.5 Å². The number of carbonyl (C=O) groups excluding carboxylic acids is 1. The van der Waals surface area contributed by atoms with Crippen LogP contribution in [0.5, 0.6) is 0 Å². The highest BCUT2D eigenvalue weighted by Crippen LogP contribution is 2.45. The van der Waals surface area contributed by atoms with Crippen molar-refractivity contribution in [2.75, 3.05) is 13.1 Å². The molecule has 208 valence electrons. The summed E-state index contributed by atoms with van der Waals surface area (Å²) in [6.07, 6.45) is -6.90. The van der Waals surface area contributed by atoms with Gasteiger partial charge in [0.1, 0.15) is 0 Å². The van der Waals surface area contributed by atoms with Gasteiger partial charge in [-0.2, -0.15) is 26.3 Å². The van der Waals surface area contributed by atoms with Gasteiger partial charge in [-0.1, -0.05) is 31.0 Å². The molecule has 2 fully saturated rings. The summed E-state index contributed by atoms with van der Waals surface area (Å²) in [7, 11) is 0. The number of para-hydroxylation sites is 1. The Morgan fingerprint density at radius 3 is 2.31 bits per heavy atom. The zero-order chi connectivity index (χ0) is 28.0. The van der Waals surface area contributed by atoms with Crippen molar-refractivity contribution in [1.82, 2.24) is 15.2 Å². The van der Waals surface area contributed by atoms with E-state index in [0.717, 1.165) is 23.7 Å². The number of likely N-dealkylation sites (tertiary alicyclic amines) is 1. The lowest BCUT2D eigenvalue weighted by Gasteiger charge is -2.29. The predicted octanol–water partition coefficient (Wildman–Crippen LogP) is 5.87. The predicted molar refractivity (Wildman–Crippen MR) is 133 cm³/mol. The highest BCUT2D eigenvalue weighted by molar-refractivity contribution is 5.83. The molecular weight excluding hydrogens is 524 g/mol. The van der Waals surface area contributed by atoms with Gasteiger partial charge in [-0.15, -0.1) is 0 Å². The topological polar surface area (TPSA) is 65.2 Å². The van der Waals surface area contributed by atoms with Crippen molar-refractivity contribution in [1.29, 1.82) is 0 Å². The number of aromatic nitrogens is 1. The molecule has 2 heterocycles. The molecule has 0 radical (unpaired) electrons. The highest BCUT2D eigenvalue weighted by Gasteiger charge is 2.47. The summed E-state index contributed by atoms with van der Waals surface area (Å²) >= 11 is 0. The number of rotatable bonds is 7. The quantitative estimate of drug-likeness (QED) is 0.361. The second kappa shape index (κ2) is 10.0. The normalized spacial score (nSPS) is 20.5. The third-order valence-corrected chi connectivity index (χ3v) is 7.62. The Hall–Kier alpha value is -3.34. The van der Waals surface area contributed by atoms with E-state index in [1.54, 1.807) is 0 Å². The molecule has 1 saturated heterocycles. The van der Waals surface area contributed by atoms with Crippen molar-refractivity contribution < 1.29 is 31.1 Å². The van der Waals surface area contributed by atoms with Crippen LogP contribution in [0.1, 0.15) is 47.9 Å². The van der Waals surface area contributed by atoms with Gasteiger partial charge in [0.2, 0.25) is 5.91 Å². The minimum absolute atomic E-state index is 0.0727. The van der Waals surface area contributed by atoms with Gasteiger partial charge < -0.3 is 10.3 Å². The van der Waals surface area contributed by atoms with E-state index < -0.39 is 41.3 Å². The molecule has 5 nitrogen and oxygen atoms in total. The van der Waals surface area contributed by atoms with Crippen LogP contribution in [-0.2, 0) is 30.2 Å².